The second-order valence-corrected chi connectivity index (χ2v) is 9.10. The Morgan fingerprint density at radius 2 is 1.71 bits per heavy atom. The molecule has 2 aromatic carbocycles. The van der Waals surface area contributed by atoms with Crippen molar-refractivity contribution in [2.24, 2.45) is 7.05 Å². The molecule has 1 N–H and O–H groups in total. The molecule has 0 aliphatic rings. The van der Waals surface area contributed by atoms with E-state index < -0.39 is 11.6 Å². The van der Waals surface area contributed by atoms with Crippen molar-refractivity contribution in [2.75, 3.05) is 6.61 Å². The van der Waals surface area contributed by atoms with Gasteiger partial charge in [-0.15, -0.1) is 0 Å². The predicted octanol–water partition coefficient (Wildman–Crippen LogP) is 5.00. The molecule has 0 atom stereocenters. The molecule has 1 heterocycles. The lowest BCUT2D eigenvalue weighted by Gasteiger charge is -2.25. The second-order valence-electron chi connectivity index (χ2n) is 9.10. The summed E-state index contributed by atoms with van der Waals surface area (Å²) in [5.74, 6) is -0.0595. The number of hydrogen-bond donors (Lipinski definition) is 1. The number of ether oxygens (including phenoxy) is 2. The highest BCUT2D eigenvalue weighted by atomic mass is 16.6. The molecule has 0 radical (unpaired) electrons. The largest absolute Gasteiger partial charge is 0.476 e. The van der Waals surface area contributed by atoms with E-state index in [0.717, 1.165) is 35.2 Å². The van der Waals surface area contributed by atoms with Crippen LogP contribution in [0, 0.1) is 6.92 Å². The molecular weight excluding hydrogens is 442 g/mol. The van der Waals surface area contributed by atoms with E-state index in [1.165, 1.54) is 5.56 Å². The van der Waals surface area contributed by atoms with Crippen molar-refractivity contribution < 1.29 is 19.1 Å². The summed E-state index contributed by atoms with van der Waals surface area (Å²) in [4.78, 5) is 24.9. The molecule has 0 saturated carbocycles. The van der Waals surface area contributed by atoms with Crippen LogP contribution >= 0.6 is 0 Å². The van der Waals surface area contributed by atoms with Crippen LogP contribution in [0.1, 0.15) is 61.3 Å². The van der Waals surface area contributed by atoms with Crippen LogP contribution in [0.25, 0.3) is 11.3 Å². The lowest BCUT2D eigenvalue weighted by Crippen LogP contribution is -2.39. The zero-order chi connectivity index (χ0) is 25.6. The molecule has 7 nitrogen and oxygen atoms in total. The number of aryl methyl sites for hydroxylation is 3. The Morgan fingerprint density at radius 3 is 2.34 bits per heavy atom. The standard InChI is InChI=1S/C28H35N3O4/c1-7-9-20-10-13-22(14-11-20)24-17-23(30-31(24)6)26(32)29-18-21-12-15-25(19(3)16-21)35-28(4,5)27(33)34-8-2/h10-17H,7-9,18H2,1-6H3,(H,29,32). The van der Waals surface area contributed by atoms with E-state index >= 15 is 0 Å². The van der Waals surface area contributed by atoms with E-state index in [1.54, 1.807) is 31.5 Å². The van der Waals surface area contributed by atoms with Gasteiger partial charge in [-0.25, -0.2) is 4.79 Å². The monoisotopic (exact) mass is 477 g/mol. The molecule has 0 bridgehead atoms. The summed E-state index contributed by atoms with van der Waals surface area (Å²) in [6, 6.07) is 15.8. The third kappa shape index (κ3) is 6.50. The summed E-state index contributed by atoms with van der Waals surface area (Å²) in [5.41, 5.74) is 4.26. The molecule has 0 aliphatic carbocycles. The van der Waals surface area contributed by atoms with Crippen molar-refractivity contribution in [3.8, 4) is 17.0 Å². The smallest absolute Gasteiger partial charge is 0.349 e. The van der Waals surface area contributed by atoms with Crippen LogP contribution in [0.3, 0.4) is 0 Å². The first-order valence-corrected chi connectivity index (χ1v) is 12.0. The number of aromatic nitrogens is 2. The third-order valence-corrected chi connectivity index (χ3v) is 5.73. The highest BCUT2D eigenvalue weighted by Crippen LogP contribution is 2.25. The van der Waals surface area contributed by atoms with Gasteiger partial charge in [0.05, 0.1) is 12.3 Å². The predicted molar refractivity (Wildman–Crippen MR) is 136 cm³/mol. The van der Waals surface area contributed by atoms with Gasteiger partial charge in [0, 0.05) is 13.6 Å². The summed E-state index contributed by atoms with van der Waals surface area (Å²) in [5, 5.41) is 7.34. The Kier molecular flexibility index (Phi) is 8.33. The first-order chi connectivity index (χ1) is 16.6. The minimum absolute atomic E-state index is 0.240. The molecular formula is C28H35N3O4. The Balaban J connectivity index is 1.64. The molecule has 0 unspecified atom stereocenters. The SMILES string of the molecule is CCCc1ccc(-c2cc(C(=O)NCc3ccc(OC(C)(C)C(=O)OCC)c(C)c3)nn2C)cc1. The third-order valence-electron chi connectivity index (χ3n) is 5.73. The van der Waals surface area contributed by atoms with Crippen molar-refractivity contribution in [3.05, 3.63) is 70.9 Å². The van der Waals surface area contributed by atoms with Gasteiger partial charge in [-0.2, -0.15) is 5.10 Å². The van der Waals surface area contributed by atoms with Crippen LogP contribution < -0.4 is 10.1 Å². The van der Waals surface area contributed by atoms with Gasteiger partial charge in [0.1, 0.15) is 5.75 Å². The Bertz CT molecular complexity index is 1180. The van der Waals surface area contributed by atoms with Crippen molar-refractivity contribution in [1.82, 2.24) is 15.1 Å². The number of carbonyl (C=O) groups excluding carboxylic acids is 2. The maximum absolute atomic E-state index is 12.8. The number of benzene rings is 2. The van der Waals surface area contributed by atoms with Gasteiger partial charge in [0.25, 0.3) is 5.91 Å². The second kappa shape index (κ2) is 11.2. The minimum Gasteiger partial charge on any atom is -0.476 e. The number of hydrogen-bond acceptors (Lipinski definition) is 5. The summed E-state index contributed by atoms with van der Waals surface area (Å²) in [6.07, 6.45) is 2.16. The summed E-state index contributed by atoms with van der Waals surface area (Å²) in [6.45, 7) is 9.83. The van der Waals surface area contributed by atoms with Crippen LogP contribution in [0.4, 0.5) is 0 Å². The maximum atomic E-state index is 12.8. The number of nitrogens with zero attached hydrogens (tertiary/aromatic N) is 2. The molecule has 7 heteroatoms. The molecule has 1 amide bonds. The van der Waals surface area contributed by atoms with Crippen LogP contribution in [-0.2, 0) is 29.5 Å². The van der Waals surface area contributed by atoms with E-state index in [1.807, 2.05) is 32.2 Å². The molecule has 35 heavy (non-hydrogen) atoms. The molecule has 0 saturated heterocycles. The number of carbonyl (C=O) groups is 2. The zero-order valence-corrected chi connectivity index (χ0v) is 21.5. The molecule has 0 aliphatic heterocycles. The first kappa shape index (κ1) is 26.0. The zero-order valence-electron chi connectivity index (χ0n) is 21.5. The lowest BCUT2D eigenvalue weighted by atomic mass is 10.1. The molecule has 3 aromatic rings. The van der Waals surface area contributed by atoms with Crippen molar-refractivity contribution >= 4 is 11.9 Å². The number of amides is 1. The van der Waals surface area contributed by atoms with Gasteiger partial charge in [-0.1, -0.05) is 49.7 Å². The van der Waals surface area contributed by atoms with Crippen molar-refractivity contribution in [2.45, 2.75) is 59.6 Å². The minimum atomic E-state index is -1.09. The fourth-order valence-corrected chi connectivity index (χ4v) is 3.81. The maximum Gasteiger partial charge on any atom is 0.349 e. The van der Waals surface area contributed by atoms with Gasteiger partial charge >= 0.3 is 5.97 Å². The number of rotatable bonds is 10. The Hall–Kier alpha value is -3.61. The van der Waals surface area contributed by atoms with E-state index in [9.17, 15) is 9.59 Å². The average molecular weight is 478 g/mol. The molecule has 1 aromatic heterocycles. The highest BCUT2D eigenvalue weighted by Gasteiger charge is 2.32. The van der Waals surface area contributed by atoms with Crippen LogP contribution in [0.2, 0.25) is 0 Å². The topological polar surface area (TPSA) is 82.4 Å². The Morgan fingerprint density at radius 1 is 1.03 bits per heavy atom. The lowest BCUT2D eigenvalue weighted by molar-refractivity contribution is -0.158. The molecule has 186 valence electrons. The normalized spacial score (nSPS) is 11.3. The molecule has 0 spiro atoms. The fourth-order valence-electron chi connectivity index (χ4n) is 3.81. The molecule has 0 fully saturated rings. The van der Waals surface area contributed by atoms with E-state index in [4.69, 9.17) is 9.47 Å². The highest BCUT2D eigenvalue weighted by molar-refractivity contribution is 5.93. The number of esters is 1. The first-order valence-electron chi connectivity index (χ1n) is 12.0. The van der Waals surface area contributed by atoms with E-state index in [-0.39, 0.29) is 5.91 Å². The van der Waals surface area contributed by atoms with Crippen molar-refractivity contribution in [1.29, 1.82) is 0 Å². The van der Waals surface area contributed by atoms with E-state index in [0.29, 0.717) is 24.6 Å². The summed E-state index contributed by atoms with van der Waals surface area (Å²) < 4.78 is 12.7. The summed E-state index contributed by atoms with van der Waals surface area (Å²) in [7, 11) is 1.84. The Labute approximate surface area is 207 Å². The van der Waals surface area contributed by atoms with Gasteiger partial charge in [-0.05, 0) is 68.5 Å². The summed E-state index contributed by atoms with van der Waals surface area (Å²) >= 11 is 0. The van der Waals surface area contributed by atoms with Crippen molar-refractivity contribution in [3.63, 3.8) is 0 Å². The van der Waals surface area contributed by atoms with Gasteiger partial charge in [0.15, 0.2) is 11.3 Å². The van der Waals surface area contributed by atoms with Crippen LogP contribution in [0.5, 0.6) is 5.75 Å². The van der Waals surface area contributed by atoms with Crippen LogP contribution in [0.15, 0.2) is 48.5 Å². The van der Waals surface area contributed by atoms with Gasteiger partial charge in [0.2, 0.25) is 0 Å². The van der Waals surface area contributed by atoms with Crippen LogP contribution in [-0.4, -0.2) is 33.9 Å². The quantitative estimate of drug-likeness (QED) is 0.416. The molecule has 3 rings (SSSR count). The number of nitrogens with one attached hydrogen (secondary N) is 1. The average Bonchev–Trinajstić information content (AvgIpc) is 3.21. The van der Waals surface area contributed by atoms with Gasteiger partial charge in [-0.3, -0.25) is 9.48 Å². The fraction of sp³-hybridized carbons (Fsp3) is 0.393. The van der Waals surface area contributed by atoms with Gasteiger partial charge < -0.3 is 14.8 Å². The van der Waals surface area contributed by atoms with E-state index in [2.05, 4.69) is 41.6 Å².